The van der Waals surface area contributed by atoms with E-state index in [0.29, 0.717) is 25.8 Å². The quantitative estimate of drug-likeness (QED) is 0.751. The van der Waals surface area contributed by atoms with Gasteiger partial charge in [0.15, 0.2) is 0 Å². The summed E-state index contributed by atoms with van der Waals surface area (Å²) >= 11 is 0. The van der Waals surface area contributed by atoms with E-state index in [9.17, 15) is 5.11 Å². The van der Waals surface area contributed by atoms with Crippen molar-refractivity contribution in [2.45, 2.75) is 31.6 Å². The molecule has 4 heteroatoms. The van der Waals surface area contributed by atoms with E-state index in [2.05, 4.69) is 17.3 Å². The Morgan fingerprint density at radius 3 is 2.90 bits per heavy atom. The second-order valence-electron chi connectivity index (χ2n) is 5.67. The number of likely N-dealkylation sites (N-methyl/N-ethyl adjacent to an activating group) is 1. The molecule has 1 saturated heterocycles. The number of aliphatic hydroxyl groups is 1. The Balaban J connectivity index is 1.58. The van der Waals surface area contributed by atoms with Crippen molar-refractivity contribution in [1.82, 2.24) is 10.2 Å². The standard InChI is InChI=1S/C16H26N2O2/c1-18(10-15-8-5-9-17-15)11-16(19)13-20-12-14-6-3-2-4-7-14/h2-4,6-7,15-17,19H,5,8-13H2,1H3. The van der Waals surface area contributed by atoms with Gasteiger partial charge >= 0.3 is 0 Å². The monoisotopic (exact) mass is 278 g/mol. The molecule has 112 valence electrons. The molecule has 1 fully saturated rings. The number of aliphatic hydroxyl groups excluding tert-OH is 1. The first kappa shape index (κ1) is 15.4. The highest BCUT2D eigenvalue weighted by Crippen LogP contribution is 2.06. The molecule has 2 atom stereocenters. The highest BCUT2D eigenvalue weighted by molar-refractivity contribution is 5.13. The molecule has 0 saturated carbocycles. The fraction of sp³-hybridized carbons (Fsp3) is 0.625. The molecular weight excluding hydrogens is 252 g/mol. The summed E-state index contributed by atoms with van der Waals surface area (Å²) in [6, 6.07) is 10.6. The van der Waals surface area contributed by atoms with Crippen molar-refractivity contribution in [3.63, 3.8) is 0 Å². The van der Waals surface area contributed by atoms with E-state index in [1.807, 2.05) is 30.3 Å². The van der Waals surface area contributed by atoms with Gasteiger partial charge in [-0.3, -0.25) is 0 Å². The SMILES string of the molecule is CN(CC(O)COCc1ccccc1)CC1CCCN1. The van der Waals surface area contributed by atoms with Gasteiger partial charge in [0.25, 0.3) is 0 Å². The van der Waals surface area contributed by atoms with Gasteiger partial charge in [-0.2, -0.15) is 0 Å². The van der Waals surface area contributed by atoms with Gasteiger partial charge in [-0.25, -0.2) is 0 Å². The number of nitrogens with one attached hydrogen (secondary N) is 1. The first-order valence-corrected chi connectivity index (χ1v) is 7.45. The zero-order valence-corrected chi connectivity index (χ0v) is 12.3. The highest BCUT2D eigenvalue weighted by Gasteiger charge is 2.17. The van der Waals surface area contributed by atoms with Crippen molar-refractivity contribution in [3.05, 3.63) is 35.9 Å². The van der Waals surface area contributed by atoms with Crippen molar-refractivity contribution in [2.75, 3.05) is 33.3 Å². The van der Waals surface area contributed by atoms with Crippen LogP contribution in [0.2, 0.25) is 0 Å². The molecule has 4 nitrogen and oxygen atoms in total. The zero-order chi connectivity index (χ0) is 14.2. The minimum atomic E-state index is -0.426. The lowest BCUT2D eigenvalue weighted by Crippen LogP contribution is -2.40. The Hall–Kier alpha value is -0.940. The van der Waals surface area contributed by atoms with E-state index in [-0.39, 0.29) is 0 Å². The van der Waals surface area contributed by atoms with Gasteiger partial charge in [-0.15, -0.1) is 0 Å². The Bertz CT molecular complexity index is 366. The fourth-order valence-corrected chi connectivity index (χ4v) is 2.66. The van der Waals surface area contributed by atoms with Crippen molar-refractivity contribution in [3.8, 4) is 0 Å². The summed E-state index contributed by atoms with van der Waals surface area (Å²) in [4.78, 5) is 2.18. The van der Waals surface area contributed by atoms with Crippen LogP contribution in [-0.4, -0.2) is 55.4 Å². The predicted molar refractivity (Wildman–Crippen MR) is 80.6 cm³/mol. The number of rotatable bonds is 8. The third kappa shape index (κ3) is 5.59. The van der Waals surface area contributed by atoms with E-state index < -0.39 is 6.10 Å². The largest absolute Gasteiger partial charge is 0.389 e. The second kappa shape index (κ2) is 8.37. The summed E-state index contributed by atoms with van der Waals surface area (Å²) in [6.45, 7) is 3.73. The molecule has 0 aliphatic carbocycles. The Morgan fingerprint density at radius 2 is 2.20 bits per heavy atom. The summed E-state index contributed by atoms with van der Waals surface area (Å²) in [5.74, 6) is 0. The van der Waals surface area contributed by atoms with Crippen molar-refractivity contribution >= 4 is 0 Å². The molecular formula is C16H26N2O2. The molecule has 2 rings (SSSR count). The average molecular weight is 278 g/mol. The molecule has 0 bridgehead atoms. The van der Waals surface area contributed by atoms with Gasteiger partial charge < -0.3 is 20.1 Å². The van der Waals surface area contributed by atoms with Gasteiger partial charge in [0.05, 0.1) is 19.3 Å². The van der Waals surface area contributed by atoms with Gasteiger partial charge in [-0.1, -0.05) is 30.3 Å². The smallest absolute Gasteiger partial charge is 0.0900 e. The molecule has 1 aromatic rings. The van der Waals surface area contributed by atoms with Crippen LogP contribution in [-0.2, 0) is 11.3 Å². The van der Waals surface area contributed by atoms with Crippen LogP contribution < -0.4 is 5.32 Å². The molecule has 1 aliphatic heterocycles. The molecule has 1 heterocycles. The molecule has 1 aliphatic rings. The summed E-state index contributed by atoms with van der Waals surface area (Å²) in [6.07, 6.45) is 2.08. The van der Waals surface area contributed by atoms with E-state index in [1.54, 1.807) is 0 Å². The van der Waals surface area contributed by atoms with Crippen LogP contribution in [0.5, 0.6) is 0 Å². The summed E-state index contributed by atoms with van der Waals surface area (Å²) < 4.78 is 5.56. The number of hydrogen-bond acceptors (Lipinski definition) is 4. The molecule has 0 amide bonds. The highest BCUT2D eigenvalue weighted by atomic mass is 16.5. The van der Waals surface area contributed by atoms with E-state index in [0.717, 1.165) is 18.7 Å². The van der Waals surface area contributed by atoms with Crippen LogP contribution in [0.4, 0.5) is 0 Å². The van der Waals surface area contributed by atoms with Gasteiger partial charge in [-0.05, 0) is 32.0 Å². The Morgan fingerprint density at radius 1 is 1.40 bits per heavy atom. The maximum absolute atomic E-state index is 9.98. The van der Waals surface area contributed by atoms with Gasteiger partial charge in [0.1, 0.15) is 0 Å². The number of hydrogen-bond donors (Lipinski definition) is 2. The summed E-state index contributed by atoms with van der Waals surface area (Å²) in [7, 11) is 2.06. The fourth-order valence-electron chi connectivity index (χ4n) is 2.66. The lowest BCUT2D eigenvalue weighted by molar-refractivity contribution is 0.0129. The third-order valence-corrected chi connectivity index (χ3v) is 3.64. The molecule has 1 aromatic carbocycles. The molecule has 0 aromatic heterocycles. The second-order valence-corrected chi connectivity index (χ2v) is 5.67. The van der Waals surface area contributed by atoms with E-state index >= 15 is 0 Å². The lowest BCUT2D eigenvalue weighted by atomic mass is 10.2. The normalized spacial score (nSPS) is 20.4. The van der Waals surface area contributed by atoms with Crippen molar-refractivity contribution < 1.29 is 9.84 Å². The van der Waals surface area contributed by atoms with E-state index in [1.165, 1.54) is 12.8 Å². The van der Waals surface area contributed by atoms with Gasteiger partial charge in [0, 0.05) is 19.1 Å². The maximum atomic E-state index is 9.98. The third-order valence-electron chi connectivity index (χ3n) is 3.64. The first-order chi connectivity index (χ1) is 9.74. The van der Waals surface area contributed by atoms with Crippen molar-refractivity contribution in [2.24, 2.45) is 0 Å². The number of benzene rings is 1. The summed E-state index contributed by atoms with van der Waals surface area (Å²) in [5.41, 5.74) is 1.14. The van der Waals surface area contributed by atoms with Crippen LogP contribution in [0.1, 0.15) is 18.4 Å². The van der Waals surface area contributed by atoms with Crippen LogP contribution in [0, 0.1) is 0 Å². The van der Waals surface area contributed by atoms with Gasteiger partial charge in [0.2, 0.25) is 0 Å². The minimum absolute atomic E-state index is 0.386. The van der Waals surface area contributed by atoms with Crippen LogP contribution in [0.25, 0.3) is 0 Å². The topological polar surface area (TPSA) is 44.7 Å². The number of nitrogens with zero attached hydrogens (tertiary/aromatic N) is 1. The Labute approximate surface area is 121 Å². The van der Waals surface area contributed by atoms with Crippen LogP contribution in [0.3, 0.4) is 0 Å². The lowest BCUT2D eigenvalue weighted by Gasteiger charge is -2.23. The van der Waals surface area contributed by atoms with E-state index in [4.69, 9.17) is 4.74 Å². The molecule has 2 unspecified atom stereocenters. The average Bonchev–Trinajstić information content (AvgIpc) is 2.92. The molecule has 0 radical (unpaired) electrons. The van der Waals surface area contributed by atoms with Crippen molar-refractivity contribution in [1.29, 1.82) is 0 Å². The van der Waals surface area contributed by atoms with Crippen LogP contribution in [0.15, 0.2) is 30.3 Å². The first-order valence-electron chi connectivity index (χ1n) is 7.45. The predicted octanol–water partition coefficient (Wildman–Crippen LogP) is 1.25. The molecule has 2 N–H and O–H groups in total. The summed E-state index contributed by atoms with van der Waals surface area (Å²) in [5, 5.41) is 13.5. The molecule has 20 heavy (non-hydrogen) atoms. The number of ether oxygens (including phenoxy) is 1. The molecule has 0 spiro atoms. The zero-order valence-electron chi connectivity index (χ0n) is 12.3. The van der Waals surface area contributed by atoms with Crippen LogP contribution >= 0.6 is 0 Å². The minimum Gasteiger partial charge on any atom is -0.389 e. The maximum Gasteiger partial charge on any atom is 0.0900 e. The Kier molecular flexibility index (Phi) is 6.47.